The Labute approximate surface area is 187 Å². The van der Waals surface area contributed by atoms with Gasteiger partial charge >= 0.3 is 6.03 Å². The second-order valence-corrected chi connectivity index (χ2v) is 7.81. The molecule has 0 atom stereocenters. The maximum absolute atomic E-state index is 13.1. The smallest absolute Gasteiger partial charge is 0.332 e. The van der Waals surface area contributed by atoms with Crippen LogP contribution in [0.4, 0.5) is 4.79 Å². The van der Waals surface area contributed by atoms with Crippen molar-refractivity contribution in [3.63, 3.8) is 0 Å². The normalized spacial score (nSPS) is 11.1. The van der Waals surface area contributed by atoms with Gasteiger partial charge in [0.05, 0.1) is 18.5 Å². The summed E-state index contributed by atoms with van der Waals surface area (Å²) in [7, 11) is 0. The molecule has 7 heteroatoms. The number of carbonyl (C=O) groups excluding carboxylic acids is 2. The number of amides is 2. The third-order valence-corrected chi connectivity index (χ3v) is 5.42. The first-order valence-electron chi connectivity index (χ1n) is 9.58. The molecule has 0 spiro atoms. The van der Waals surface area contributed by atoms with Crippen molar-refractivity contribution in [2.45, 2.75) is 6.54 Å². The van der Waals surface area contributed by atoms with Crippen molar-refractivity contribution in [3.8, 4) is 11.3 Å². The van der Waals surface area contributed by atoms with Gasteiger partial charge in [0, 0.05) is 26.5 Å². The number of aromatic nitrogens is 1. The lowest BCUT2D eigenvalue weighted by atomic mass is 10.1. The van der Waals surface area contributed by atoms with Crippen LogP contribution >= 0.6 is 15.9 Å². The third-order valence-electron chi connectivity index (χ3n) is 4.89. The molecule has 6 nitrogen and oxygen atoms in total. The van der Waals surface area contributed by atoms with Crippen LogP contribution < -0.4 is 11.2 Å². The van der Waals surface area contributed by atoms with E-state index in [-0.39, 0.29) is 12.3 Å². The van der Waals surface area contributed by atoms with Crippen molar-refractivity contribution in [2.75, 3.05) is 0 Å². The molecule has 2 amide bonds. The average molecular weight is 475 g/mol. The Bertz CT molecular complexity index is 1280. The summed E-state index contributed by atoms with van der Waals surface area (Å²) in [5, 5.41) is 4.90. The van der Waals surface area contributed by atoms with Gasteiger partial charge in [0.15, 0.2) is 5.78 Å². The number of carbonyl (C=O) groups is 2. The topological polar surface area (TPSA) is 89.5 Å². The molecule has 3 N–H and O–H groups in total. The molecule has 1 aromatic heterocycles. The molecule has 0 unspecified atom stereocenters. The molecule has 0 saturated heterocycles. The van der Waals surface area contributed by atoms with E-state index in [4.69, 9.17) is 5.73 Å². The predicted molar refractivity (Wildman–Crippen MR) is 126 cm³/mol. The first kappa shape index (κ1) is 20.6. The van der Waals surface area contributed by atoms with Crippen LogP contribution in [0.25, 0.3) is 22.2 Å². The fourth-order valence-electron chi connectivity index (χ4n) is 3.56. The average Bonchev–Trinajstić information content (AvgIpc) is 3.08. The van der Waals surface area contributed by atoms with E-state index in [9.17, 15) is 9.59 Å². The number of nitrogens with zero attached hydrogens (tertiary/aromatic N) is 2. The van der Waals surface area contributed by atoms with Crippen LogP contribution in [0.3, 0.4) is 0 Å². The van der Waals surface area contributed by atoms with Crippen molar-refractivity contribution in [3.05, 3.63) is 94.5 Å². The molecule has 0 fully saturated rings. The van der Waals surface area contributed by atoms with Crippen molar-refractivity contribution in [1.82, 2.24) is 9.99 Å². The number of benzene rings is 3. The van der Waals surface area contributed by atoms with E-state index in [1.165, 1.54) is 0 Å². The number of hydrogen-bond acceptors (Lipinski definition) is 3. The number of halogens is 1. The Hall–Kier alpha value is -3.71. The number of ketones is 1. The Kier molecular flexibility index (Phi) is 5.95. The van der Waals surface area contributed by atoms with Crippen molar-refractivity contribution in [1.29, 1.82) is 0 Å². The number of urea groups is 1. The lowest BCUT2D eigenvalue weighted by Gasteiger charge is -2.12. The van der Waals surface area contributed by atoms with Crippen molar-refractivity contribution >= 4 is 44.9 Å². The van der Waals surface area contributed by atoms with Gasteiger partial charge in [-0.05, 0) is 23.8 Å². The second kappa shape index (κ2) is 8.97. The molecule has 31 heavy (non-hydrogen) atoms. The molecule has 0 bridgehead atoms. The van der Waals surface area contributed by atoms with Crippen LogP contribution in [-0.2, 0) is 6.54 Å². The fourth-order valence-corrected chi connectivity index (χ4v) is 3.83. The highest BCUT2D eigenvalue weighted by molar-refractivity contribution is 9.10. The van der Waals surface area contributed by atoms with Crippen molar-refractivity contribution in [2.24, 2.45) is 10.8 Å². The summed E-state index contributed by atoms with van der Waals surface area (Å²) in [5.74, 6) is -0.0100. The van der Waals surface area contributed by atoms with Gasteiger partial charge in [-0.25, -0.2) is 10.2 Å². The van der Waals surface area contributed by atoms with Crippen LogP contribution in [0.1, 0.15) is 15.9 Å². The lowest BCUT2D eigenvalue weighted by Crippen LogP contribution is -2.24. The van der Waals surface area contributed by atoms with Gasteiger partial charge < -0.3 is 10.3 Å². The molecule has 0 radical (unpaired) electrons. The number of hydrogen-bond donors (Lipinski definition) is 2. The summed E-state index contributed by atoms with van der Waals surface area (Å²) >= 11 is 3.40. The van der Waals surface area contributed by atoms with Gasteiger partial charge in [-0.15, -0.1) is 0 Å². The maximum Gasteiger partial charge on any atom is 0.332 e. The summed E-state index contributed by atoms with van der Waals surface area (Å²) in [6.07, 6.45) is 1.57. The number of para-hydroxylation sites is 1. The first-order chi connectivity index (χ1) is 15.0. The molecule has 3 aromatic carbocycles. The Morgan fingerprint density at radius 1 is 0.968 bits per heavy atom. The van der Waals surface area contributed by atoms with Crippen LogP contribution in [0.5, 0.6) is 0 Å². The highest BCUT2D eigenvalue weighted by Gasteiger charge is 2.19. The van der Waals surface area contributed by atoms with E-state index < -0.39 is 6.03 Å². The molecular weight excluding hydrogens is 456 g/mol. The van der Waals surface area contributed by atoms with Gasteiger partial charge in [-0.2, -0.15) is 5.10 Å². The number of rotatable bonds is 6. The number of Topliss-reactive ketones (excluding diaryl/α,β-unsaturated/α-hetero) is 1. The zero-order chi connectivity index (χ0) is 21.8. The SMILES string of the molecule is NC(=O)N/N=C/c1c(-c2ccccc2)n(CC(=O)c2ccc(Br)cc2)c2ccccc12. The Morgan fingerprint density at radius 2 is 1.65 bits per heavy atom. The number of primary amides is 1. The Morgan fingerprint density at radius 3 is 2.35 bits per heavy atom. The van der Waals surface area contributed by atoms with E-state index in [2.05, 4.69) is 26.5 Å². The molecule has 1 heterocycles. The number of hydrazone groups is 1. The zero-order valence-electron chi connectivity index (χ0n) is 16.5. The summed E-state index contributed by atoms with van der Waals surface area (Å²) in [6, 6.07) is 24.1. The minimum atomic E-state index is -0.744. The minimum absolute atomic E-state index is 0.0100. The predicted octanol–water partition coefficient (Wildman–Crippen LogP) is 4.96. The monoisotopic (exact) mass is 474 g/mol. The summed E-state index contributed by atoms with van der Waals surface area (Å²) in [5.41, 5.74) is 11.5. The standard InChI is InChI=1S/C24H19BrN4O2/c25-18-12-10-16(11-13-18)22(30)15-29-21-9-5-4-8-19(21)20(14-27-28-24(26)31)23(29)17-6-2-1-3-7-17/h1-14H,15H2,(H3,26,28,31)/b27-14+. The van der Waals surface area contributed by atoms with Crippen LogP contribution in [0.15, 0.2) is 88.4 Å². The number of fused-ring (bicyclic) bond motifs is 1. The van der Waals surface area contributed by atoms with E-state index in [1.54, 1.807) is 18.3 Å². The molecular formula is C24H19BrN4O2. The number of nitrogens with two attached hydrogens (primary N) is 1. The van der Waals surface area contributed by atoms with Gasteiger partial charge in [0.25, 0.3) is 0 Å². The fraction of sp³-hybridized carbons (Fsp3) is 0.0417. The molecule has 0 aliphatic carbocycles. The maximum atomic E-state index is 13.1. The molecule has 0 aliphatic rings. The van der Waals surface area contributed by atoms with Crippen LogP contribution in [0.2, 0.25) is 0 Å². The van der Waals surface area contributed by atoms with Gasteiger partial charge in [0.2, 0.25) is 0 Å². The van der Waals surface area contributed by atoms with Crippen molar-refractivity contribution < 1.29 is 9.59 Å². The third kappa shape index (κ3) is 4.41. The van der Waals surface area contributed by atoms with Crippen LogP contribution in [-0.4, -0.2) is 22.6 Å². The highest BCUT2D eigenvalue weighted by Crippen LogP contribution is 2.33. The molecule has 154 valence electrons. The Balaban J connectivity index is 1.89. The largest absolute Gasteiger partial charge is 0.350 e. The summed E-state index contributed by atoms with van der Waals surface area (Å²) < 4.78 is 2.90. The summed E-state index contributed by atoms with van der Waals surface area (Å²) in [4.78, 5) is 24.2. The van der Waals surface area contributed by atoms with Gasteiger partial charge in [-0.3, -0.25) is 4.79 Å². The van der Waals surface area contributed by atoms with Crippen LogP contribution in [0, 0.1) is 0 Å². The zero-order valence-corrected chi connectivity index (χ0v) is 18.0. The van der Waals surface area contributed by atoms with Gasteiger partial charge in [-0.1, -0.05) is 76.6 Å². The molecule has 4 aromatic rings. The minimum Gasteiger partial charge on any atom is -0.350 e. The van der Waals surface area contributed by atoms with E-state index in [1.807, 2.05) is 71.3 Å². The first-order valence-corrected chi connectivity index (χ1v) is 10.4. The lowest BCUT2D eigenvalue weighted by molar-refractivity contribution is 0.0974. The van der Waals surface area contributed by atoms with E-state index in [0.717, 1.165) is 32.2 Å². The van der Waals surface area contributed by atoms with Gasteiger partial charge in [0.1, 0.15) is 0 Å². The van der Waals surface area contributed by atoms with E-state index >= 15 is 0 Å². The number of nitrogens with one attached hydrogen (secondary N) is 1. The second-order valence-electron chi connectivity index (χ2n) is 6.90. The molecule has 0 aliphatic heterocycles. The van der Waals surface area contributed by atoms with E-state index in [0.29, 0.717) is 5.56 Å². The molecule has 0 saturated carbocycles. The molecule has 4 rings (SSSR count). The highest BCUT2D eigenvalue weighted by atomic mass is 79.9. The summed E-state index contributed by atoms with van der Waals surface area (Å²) in [6.45, 7) is 0.156. The quantitative estimate of drug-likeness (QED) is 0.235.